The Balaban J connectivity index is 2.30. The van der Waals surface area contributed by atoms with Crippen LogP contribution in [0.25, 0.3) is 0 Å². The molecule has 0 amide bonds. The zero-order valence-electron chi connectivity index (χ0n) is 12.3. The summed E-state index contributed by atoms with van der Waals surface area (Å²) in [5.74, 6) is -0.170. The molecule has 1 heterocycles. The van der Waals surface area contributed by atoms with E-state index in [0.29, 0.717) is 18.9 Å². The molecule has 19 heavy (non-hydrogen) atoms. The summed E-state index contributed by atoms with van der Waals surface area (Å²) in [6, 6.07) is 0. The normalized spacial score (nSPS) is 12.1. The van der Waals surface area contributed by atoms with Gasteiger partial charge in [-0.3, -0.25) is 9.48 Å². The van der Waals surface area contributed by atoms with E-state index in [1.54, 1.807) is 13.8 Å². The van der Waals surface area contributed by atoms with Crippen LogP contribution >= 0.6 is 0 Å². The lowest BCUT2D eigenvalue weighted by atomic mass is 9.90. The predicted octanol–water partition coefficient (Wildman–Crippen LogP) is 2.13. The molecule has 0 aliphatic heterocycles. The molecule has 0 atom stereocenters. The molecular weight excluding hydrogens is 242 g/mol. The third-order valence-electron chi connectivity index (χ3n) is 3.07. The van der Waals surface area contributed by atoms with Crippen LogP contribution in [0.1, 0.15) is 39.7 Å². The molecule has 108 valence electrons. The highest BCUT2D eigenvalue weighted by atomic mass is 16.4. The SMILES string of the molecule is CC(C)Cn1cc(CNCCC(C)(C)C(=O)O)cn1. The molecule has 1 rings (SSSR count). The fraction of sp³-hybridized carbons (Fsp3) is 0.714. The van der Waals surface area contributed by atoms with Crippen LogP contribution in [-0.4, -0.2) is 27.4 Å². The monoisotopic (exact) mass is 267 g/mol. The van der Waals surface area contributed by atoms with E-state index in [1.165, 1.54) is 0 Å². The van der Waals surface area contributed by atoms with E-state index < -0.39 is 11.4 Å². The van der Waals surface area contributed by atoms with Crippen LogP contribution in [-0.2, 0) is 17.9 Å². The molecule has 0 fully saturated rings. The molecule has 1 aromatic heterocycles. The Labute approximate surface area is 115 Å². The topological polar surface area (TPSA) is 67.2 Å². The van der Waals surface area contributed by atoms with Crippen molar-refractivity contribution in [3.05, 3.63) is 18.0 Å². The van der Waals surface area contributed by atoms with E-state index >= 15 is 0 Å². The van der Waals surface area contributed by atoms with E-state index in [1.807, 2.05) is 17.1 Å². The predicted molar refractivity (Wildman–Crippen MR) is 74.8 cm³/mol. The number of aliphatic carboxylic acids is 1. The summed E-state index contributed by atoms with van der Waals surface area (Å²) in [6.45, 7) is 10.2. The molecular formula is C14H25N3O2. The van der Waals surface area contributed by atoms with Gasteiger partial charge in [0.2, 0.25) is 0 Å². The average molecular weight is 267 g/mol. The second kappa shape index (κ2) is 6.70. The Morgan fingerprint density at radius 1 is 1.53 bits per heavy atom. The molecule has 0 aromatic carbocycles. The summed E-state index contributed by atoms with van der Waals surface area (Å²) >= 11 is 0. The minimum absolute atomic E-state index is 0.581. The second-order valence-corrected chi connectivity index (χ2v) is 6.08. The standard InChI is InChI=1S/C14H25N3O2/c1-11(2)9-17-10-12(8-16-17)7-15-6-5-14(3,4)13(18)19/h8,10-11,15H,5-7,9H2,1-4H3,(H,18,19). The Hall–Kier alpha value is -1.36. The largest absolute Gasteiger partial charge is 0.481 e. The molecule has 0 spiro atoms. The van der Waals surface area contributed by atoms with E-state index in [-0.39, 0.29) is 0 Å². The molecule has 5 heteroatoms. The van der Waals surface area contributed by atoms with Crippen molar-refractivity contribution in [1.82, 2.24) is 15.1 Å². The molecule has 0 unspecified atom stereocenters. The summed E-state index contributed by atoms with van der Waals surface area (Å²) < 4.78 is 1.95. The van der Waals surface area contributed by atoms with E-state index in [4.69, 9.17) is 5.11 Å². The highest BCUT2D eigenvalue weighted by Gasteiger charge is 2.25. The number of nitrogens with one attached hydrogen (secondary N) is 1. The quantitative estimate of drug-likeness (QED) is 0.708. The number of hydrogen-bond donors (Lipinski definition) is 2. The lowest BCUT2D eigenvalue weighted by Gasteiger charge is -2.18. The molecule has 0 radical (unpaired) electrons. The van der Waals surface area contributed by atoms with Crippen LogP contribution in [0.15, 0.2) is 12.4 Å². The molecule has 1 aromatic rings. The van der Waals surface area contributed by atoms with Gasteiger partial charge >= 0.3 is 5.97 Å². The van der Waals surface area contributed by atoms with Crippen LogP contribution < -0.4 is 5.32 Å². The maximum atomic E-state index is 11.0. The number of carboxylic acids is 1. The first-order valence-corrected chi connectivity index (χ1v) is 6.76. The van der Waals surface area contributed by atoms with Crippen molar-refractivity contribution in [3.63, 3.8) is 0 Å². The number of nitrogens with zero attached hydrogens (tertiary/aromatic N) is 2. The average Bonchev–Trinajstić information content (AvgIpc) is 2.71. The fourth-order valence-electron chi connectivity index (χ4n) is 1.71. The van der Waals surface area contributed by atoms with Gasteiger partial charge in [-0.05, 0) is 32.7 Å². The highest BCUT2D eigenvalue weighted by Crippen LogP contribution is 2.19. The van der Waals surface area contributed by atoms with Crippen molar-refractivity contribution in [2.24, 2.45) is 11.3 Å². The lowest BCUT2D eigenvalue weighted by Crippen LogP contribution is -2.28. The third-order valence-corrected chi connectivity index (χ3v) is 3.07. The van der Waals surface area contributed by atoms with Crippen molar-refractivity contribution < 1.29 is 9.90 Å². The van der Waals surface area contributed by atoms with E-state index in [9.17, 15) is 4.79 Å². The number of hydrogen-bond acceptors (Lipinski definition) is 3. The minimum atomic E-state index is -0.751. The number of carboxylic acid groups (broad SMARTS) is 1. The van der Waals surface area contributed by atoms with Crippen LogP contribution in [0, 0.1) is 11.3 Å². The van der Waals surface area contributed by atoms with Crippen molar-refractivity contribution in [2.75, 3.05) is 6.54 Å². The maximum absolute atomic E-state index is 11.0. The van der Waals surface area contributed by atoms with Gasteiger partial charge in [0.15, 0.2) is 0 Å². The Bertz CT molecular complexity index is 411. The smallest absolute Gasteiger partial charge is 0.309 e. The zero-order chi connectivity index (χ0) is 14.5. The van der Waals surface area contributed by atoms with Crippen LogP contribution in [0.5, 0.6) is 0 Å². The van der Waals surface area contributed by atoms with Crippen molar-refractivity contribution in [2.45, 2.75) is 47.2 Å². The molecule has 0 aliphatic rings. The number of rotatable bonds is 8. The van der Waals surface area contributed by atoms with Crippen LogP contribution in [0.3, 0.4) is 0 Å². The van der Waals surface area contributed by atoms with Crippen LogP contribution in [0.4, 0.5) is 0 Å². The lowest BCUT2D eigenvalue weighted by molar-refractivity contribution is -0.147. The van der Waals surface area contributed by atoms with Crippen molar-refractivity contribution in [1.29, 1.82) is 0 Å². The Morgan fingerprint density at radius 3 is 2.79 bits per heavy atom. The molecule has 0 bridgehead atoms. The van der Waals surface area contributed by atoms with Gasteiger partial charge in [-0.15, -0.1) is 0 Å². The van der Waals surface area contributed by atoms with E-state index in [2.05, 4.69) is 24.3 Å². The van der Waals surface area contributed by atoms with Gasteiger partial charge in [-0.1, -0.05) is 13.8 Å². The van der Waals surface area contributed by atoms with Gasteiger partial charge in [-0.2, -0.15) is 5.10 Å². The molecule has 2 N–H and O–H groups in total. The summed E-state index contributed by atoms with van der Waals surface area (Å²) in [5, 5.41) is 16.6. The first kappa shape index (κ1) is 15.7. The van der Waals surface area contributed by atoms with Gasteiger partial charge < -0.3 is 10.4 Å². The molecule has 0 saturated carbocycles. The summed E-state index contributed by atoms with van der Waals surface area (Å²) in [5.41, 5.74) is 0.461. The Morgan fingerprint density at radius 2 is 2.21 bits per heavy atom. The van der Waals surface area contributed by atoms with Gasteiger partial charge in [0.25, 0.3) is 0 Å². The second-order valence-electron chi connectivity index (χ2n) is 6.08. The first-order valence-electron chi connectivity index (χ1n) is 6.76. The van der Waals surface area contributed by atoms with Gasteiger partial charge in [0, 0.05) is 24.8 Å². The summed E-state index contributed by atoms with van der Waals surface area (Å²) in [4.78, 5) is 11.0. The highest BCUT2D eigenvalue weighted by molar-refractivity contribution is 5.73. The molecule has 5 nitrogen and oxygen atoms in total. The van der Waals surface area contributed by atoms with Gasteiger partial charge in [0.05, 0.1) is 11.6 Å². The molecule has 0 aliphatic carbocycles. The summed E-state index contributed by atoms with van der Waals surface area (Å²) in [7, 11) is 0. The Kier molecular flexibility index (Phi) is 5.54. The van der Waals surface area contributed by atoms with Crippen molar-refractivity contribution in [3.8, 4) is 0 Å². The van der Waals surface area contributed by atoms with Gasteiger partial charge in [0.1, 0.15) is 0 Å². The minimum Gasteiger partial charge on any atom is -0.481 e. The van der Waals surface area contributed by atoms with Crippen molar-refractivity contribution >= 4 is 5.97 Å². The fourth-order valence-corrected chi connectivity index (χ4v) is 1.71. The van der Waals surface area contributed by atoms with Crippen LogP contribution in [0.2, 0.25) is 0 Å². The molecule has 0 saturated heterocycles. The van der Waals surface area contributed by atoms with Gasteiger partial charge in [-0.25, -0.2) is 0 Å². The maximum Gasteiger partial charge on any atom is 0.309 e. The first-order chi connectivity index (χ1) is 8.81. The summed E-state index contributed by atoms with van der Waals surface area (Å²) in [6.07, 6.45) is 4.51. The zero-order valence-corrected chi connectivity index (χ0v) is 12.3. The number of carbonyl (C=O) groups is 1. The van der Waals surface area contributed by atoms with E-state index in [0.717, 1.165) is 18.7 Å². The third kappa shape index (κ3) is 5.42. The number of aromatic nitrogens is 2.